The maximum atomic E-state index is 13.0. The van der Waals surface area contributed by atoms with Crippen molar-refractivity contribution in [2.75, 3.05) is 0 Å². The normalized spacial score (nSPS) is 13.5. The van der Waals surface area contributed by atoms with E-state index in [-0.39, 0.29) is 25.7 Å². The quantitative estimate of drug-likeness (QED) is 0.221. The number of benzene rings is 2. The number of carbonyl (C=O) groups is 4. The molecule has 3 amide bonds. The van der Waals surface area contributed by atoms with Crippen LogP contribution >= 0.6 is 0 Å². The number of carbonyl (C=O) groups excluding carboxylic acids is 3. The molecule has 0 aliphatic heterocycles. The van der Waals surface area contributed by atoms with Crippen molar-refractivity contribution in [3.05, 3.63) is 71.9 Å². The van der Waals surface area contributed by atoms with Gasteiger partial charge in [0.25, 0.3) is 0 Å². The first kappa shape index (κ1) is 25.4. The Morgan fingerprint density at radius 1 is 0.886 bits per heavy atom. The average molecular weight is 480 g/mol. The molecule has 3 atom stereocenters. The Morgan fingerprint density at radius 3 is 2.23 bits per heavy atom. The van der Waals surface area contributed by atoms with Crippen LogP contribution in [0.3, 0.4) is 0 Å². The minimum absolute atomic E-state index is 0.0229. The number of aromatic amines is 1. The second kappa shape index (κ2) is 11.8. The first-order valence-electron chi connectivity index (χ1n) is 11.2. The summed E-state index contributed by atoms with van der Waals surface area (Å²) in [5, 5.41) is 15.6. The molecular weight excluding hydrogens is 450 g/mol. The van der Waals surface area contributed by atoms with Crippen molar-refractivity contribution in [2.45, 2.75) is 43.8 Å². The minimum atomic E-state index is -1.26. The molecule has 0 aliphatic rings. The number of para-hydroxylation sites is 1. The Morgan fingerprint density at radius 2 is 1.54 bits per heavy atom. The molecule has 10 heteroatoms. The summed E-state index contributed by atoms with van der Waals surface area (Å²) in [6.07, 6.45) is 1.70. The fourth-order valence-electron chi connectivity index (χ4n) is 3.79. The number of fused-ring (bicyclic) bond motifs is 1. The Bertz CT molecular complexity index is 1190. The molecule has 0 spiro atoms. The molecule has 184 valence electrons. The predicted molar refractivity (Wildman–Crippen MR) is 130 cm³/mol. The first-order chi connectivity index (χ1) is 16.7. The van der Waals surface area contributed by atoms with E-state index in [1.165, 1.54) is 0 Å². The molecule has 0 saturated heterocycles. The highest BCUT2D eigenvalue weighted by molar-refractivity contribution is 5.92. The van der Waals surface area contributed by atoms with Gasteiger partial charge >= 0.3 is 5.97 Å². The van der Waals surface area contributed by atoms with Gasteiger partial charge < -0.3 is 32.2 Å². The molecule has 3 unspecified atom stereocenters. The summed E-state index contributed by atoms with van der Waals surface area (Å²) in [6.45, 7) is 0. The van der Waals surface area contributed by atoms with Crippen LogP contribution in [0.2, 0.25) is 0 Å². The molecule has 3 aromatic rings. The second-order valence-electron chi connectivity index (χ2n) is 8.33. The van der Waals surface area contributed by atoms with Gasteiger partial charge in [-0.15, -0.1) is 0 Å². The van der Waals surface area contributed by atoms with Crippen LogP contribution in [0.1, 0.15) is 24.0 Å². The van der Waals surface area contributed by atoms with Crippen LogP contribution in [-0.4, -0.2) is 51.9 Å². The molecule has 2 aromatic carbocycles. The number of rotatable bonds is 12. The molecule has 0 saturated carbocycles. The molecule has 1 heterocycles. The summed E-state index contributed by atoms with van der Waals surface area (Å²) in [5.74, 6) is -3.22. The lowest BCUT2D eigenvalue weighted by atomic mass is 10.0. The summed E-state index contributed by atoms with van der Waals surface area (Å²) in [7, 11) is 0. The lowest BCUT2D eigenvalue weighted by molar-refractivity contribution is -0.142. The number of H-pyrrole nitrogens is 1. The van der Waals surface area contributed by atoms with Crippen molar-refractivity contribution in [3.63, 3.8) is 0 Å². The summed E-state index contributed by atoms with van der Waals surface area (Å²) in [5.41, 5.74) is 13.6. The third-order valence-corrected chi connectivity index (χ3v) is 5.66. The Kier molecular flexibility index (Phi) is 8.58. The molecule has 0 fully saturated rings. The minimum Gasteiger partial charge on any atom is -0.480 e. The summed E-state index contributed by atoms with van der Waals surface area (Å²) < 4.78 is 0. The van der Waals surface area contributed by atoms with Gasteiger partial charge in [-0.3, -0.25) is 14.4 Å². The summed E-state index contributed by atoms with van der Waals surface area (Å²) >= 11 is 0. The topological polar surface area (TPSA) is 180 Å². The largest absolute Gasteiger partial charge is 0.480 e. The SMILES string of the molecule is NC(=O)CCC(NC(=O)C(N)Cc1ccccc1)C(=O)NC(Cc1c[nH]c2ccccc12)C(=O)O. The van der Waals surface area contributed by atoms with Crippen LogP contribution in [0.15, 0.2) is 60.8 Å². The van der Waals surface area contributed by atoms with E-state index in [0.29, 0.717) is 0 Å². The van der Waals surface area contributed by atoms with Crippen LogP contribution in [0.5, 0.6) is 0 Å². The maximum Gasteiger partial charge on any atom is 0.326 e. The van der Waals surface area contributed by atoms with Gasteiger partial charge in [0, 0.05) is 29.9 Å². The zero-order chi connectivity index (χ0) is 25.4. The van der Waals surface area contributed by atoms with Crippen LogP contribution in [0.4, 0.5) is 0 Å². The summed E-state index contributed by atoms with van der Waals surface area (Å²) in [4.78, 5) is 52.0. The lowest BCUT2D eigenvalue weighted by Gasteiger charge is -2.22. The maximum absolute atomic E-state index is 13.0. The Hall–Kier alpha value is -4.18. The van der Waals surface area contributed by atoms with Gasteiger partial charge in [-0.1, -0.05) is 48.5 Å². The number of primary amides is 1. The molecule has 10 nitrogen and oxygen atoms in total. The molecule has 3 rings (SSSR count). The van der Waals surface area contributed by atoms with Crippen molar-refractivity contribution < 1.29 is 24.3 Å². The number of amides is 3. The molecule has 8 N–H and O–H groups in total. The molecular formula is C25H29N5O5. The molecule has 0 aliphatic carbocycles. The van der Waals surface area contributed by atoms with Gasteiger partial charge in [-0.25, -0.2) is 4.79 Å². The molecule has 35 heavy (non-hydrogen) atoms. The zero-order valence-corrected chi connectivity index (χ0v) is 19.1. The van der Waals surface area contributed by atoms with Crippen molar-refractivity contribution in [1.29, 1.82) is 0 Å². The van der Waals surface area contributed by atoms with E-state index in [2.05, 4.69) is 15.6 Å². The highest BCUT2D eigenvalue weighted by Crippen LogP contribution is 2.19. The molecule has 0 bridgehead atoms. The van der Waals surface area contributed by atoms with E-state index in [1.54, 1.807) is 6.20 Å². The zero-order valence-electron chi connectivity index (χ0n) is 19.1. The Labute approximate surface area is 202 Å². The van der Waals surface area contributed by atoms with Gasteiger partial charge in [0.2, 0.25) is 17.7 Å². The van der Waals surface area contributed by atoms with Crippen LogP contribution in [-0.2, 0) is 32.0 Å². The lowest BCUT2D eigenvalue weighted by Crippen LogP contribution is -2.55. The van der Waals surface area contributed by atoms with Gasteiger partial charge in [0.05, 0.1) is 6.04 Å². The van der Waals surface area contributed by atoms with Crippen LogP contribution in [0, 0.1) is 0 Å². The van der Waals surface area contributed by atoms with Crippen LogP contribution < -0.4 is 22.1 Å². The van der Waals surface area contributed by atoms with E-state index in [9.17, 15) is 24.3 Å². The molecule has 1 aromatic heterocycles. The highest BCUT2D eigenvalue weighted by Gasteiger charge is 2.29. The number of nitrogens with one attached hydrogen (secondary N) is 3. The third-order valence-electron chi connectivity index (χ3n) is 5.66. The standard InChI is InChI=1S/C25H29N5O5/c26-18(12-15-6-2-1-3-7-15)23(32)29-20(10-11-22(27)31)24(33)30-21(25(34)35)13-16-14-28-19-9-5-4-8-17(16)19/h1-9,14,18,20-21,28H,10-13,26H2,(H2,27,31)(H,29,32)(H,30,33)(H,34,35). The average Bonchev–Trinajstić information content (AvgIpc) is 3.24. The van der Waals surface area contributed by atoms with Crippen molar-refractivity contribution >= 4 is 34.6 Å². The van der Waals surface area contributed by atoms with E-state index in [1.807, 2.05) is 54.6 Å². The van der Waals surface area contributed by atoms with Crippen molar-refractivity contribution in [2.24, 2.45) is 11.5 Å². The van der Waals surface area contributed by atoms with E-state index in [0.717, 1.165) is 22.0 Å². The number of aromatic nitrogens is 1. The number of carboxylic acid groups (broad SMARTS) is 1. The van der Waals surface area contributed by atoms with Crippen molar-refractivity contribution in [3.8, 4) is 0 Å². The fourth-order valence-corrected chi connectivity index (χ4v) is 3.79. The predicted octanol–water partition coefficient (Wildman–Crippen LogP) is 0.600. The summed E-state index contributed by atoms with van der Waals surface area (Å²) in [6, 6.07) is 13.2. The smallest absolute Gasteiger partial charge is 0.326 e. The fraction of sp³-hybridized carbons (Fsp3) is 0.280. The number of carboxylic acids is 1. The Balaban J connectivity index is 1.69. The second-order valence-corrected chi connectivity index (χ2v) is 8.33. The van der Waals surface area contributed by atoms with Gasteiger partial charge in [0.1, 0.15) is 12.1 Å². The van der Waals surface area contributed by atoms with Crippen LogP contribution in [0.25, 0.3) is 10.9 Å². The van der Waals surface area contributed by atoms with E-state index >= 15 is 0 Å². The first-order valence-corrected chi connectivity index (χ1v) is 11.2. The number of hydrogen-bond donors (Lipinski definition) is 6. The number of hydrogen-bond acceptors (Lipinski definition) is 5. The van der Waals surface area contributed by atoms with E-state index < -0.39 is 41.8 Å². The number of nitrogens with two attached hydrogens (primary N) is 2. The van der Waals surface area contributed by atoms with Crippen molar-refractivity contribution in [1.82, 2.24) is 15.6 Å². The number of aliphatic carboxylic acids is 1. The van der Waals surface area contributed by atoms with Gasteiger partial charge in [0.15, 0.2) is 0 Å². The monoisotopic (exact) mass is 479 g/mol. The molecule has 0 radical (unpaired) electrons. The highest BCUT2D eigenvalue weighted by atomic mass is 16.4. The van der Waals surface area contributed by atoms with Gasteiger partial charge in [-0.05, 0) is 30.0 Å². The van der Waals surface area contributed by atoms with Gasteiger partial charge in [-0.2, -0.15) is 0 Å². The van der Waals surface area contributed by atoms with E-state index in [4.69, 9.17) is 11.5 Å². The third kappa shape index (κ3) is 7.15.